The molecule has 1 saturated carbocycles. The highest BCUT2D eigenvalue weighted by atomic mass is 14.7. The first-order valence-corrected chi connectivity index (χ1v) is 7.94. The van der Waals surface area contributed by atoms with Crippen LogP contribution in [0.25, 0.3) is 0 Å². The van der Waals surface area contributed by atoms with Crippen molar-refractivity contribution in [2.75, 3.05) is 0 Å². The third-order valence-electron chi connectivity index (χ3n) is 6.61. The average Bonchev–Trinajstić information content (AvgIpc) is 2.98. The lowest BCUT2D eigenvalue weighted by Crippen LogP contribution is -2.54. The molecule has 21 heavy (non-hydrogen) atoms. The van der Waals surface area contributed by atoms with Crippen LogP contribution in [0.1, 0.15) is 40.5 Å². The Bertz CT molecular complexity index is 844. The smallest absolute Gasteiger partial charge is 0.0344 e. The summed E-state index contributed by atoms with van der Waals surface area (Å²) in [6.07, 6.45) is 10.8. The minimum Gasteiger partial charge on any atom is -0.0727 e. The van der Waals surface area contributed by atoms with E-state index in [1.54, 1.807) is 22.3 Å². The number of hydrogen-bond donors (Lipinski definition) is 0. The lowest BCUT2D eigenvalue weighted by atomic mass is 9.44. The van der Waals surface area contributed by atoms with Gasteiger partial charge in [-0.1, -0.05) is 72.8 Å². The molecule has 6 rings (SSSR count). The molecule has 0 amide bonds. The third-order valence-corrected chi connectivity index (χ3v) is 6.61. The van der Waals surface area contributed by atoms with E-state index in [-0.39, 0.29) is 10.8 Å². The molecule has 0 unspecified atom stereocenters. The minimum atomic E-state index is 0.210. The van der Waals surface area contributed by atoms with E-state index in [0.29, 0.717) is 11.8 Å². The summed E-state index contributed by atoms with van der Waals surface area (Å²) in [6, 6.07) is 18.3. The number of hydrogen-bond acceptors (Lipinski definition) is 0. The van der Waals surface area contributed by atoms with Crippen LogP contribution in [0.2, 0.25) is 0 Å². The Kier molecular flexibility index (Phi) is 1.55. The molecule has 0 aliphatic heterocycles. The zero-order valence-electron chi connectivity index (χ0n) is 11.8. The lowest BCUT2D eigenvalue weighted by molar-refractivity contribution is 0.293. The topological polar surface area (TPSA) is 0 Å². The molecule has 2 aromatic rings. The number of rotatable bonds is 0. The molecule has 0 saturated heterocycles. The first-order valence-electron chi connectivity index (χ1n) is 7.94. The molecule has 0 N–H and O–H groups in total. The molecule has 2 bridgehead atoms. The molecule has 0 heteroatoms. The van der Waals surface area contributed by atoms with Crippen LogP contribution in [-0.4, -0.2) is 0 Å². The molecule has 100 valence electrons. The Labute approximate surface area is 124 Å². The second-order valence-corrected chi connectivity index (χ2v) is 7.02. The normalized spacial score (nSPS) is 39.2. The maximum absolute atomic E-state index is 2.51. The zero-order chi connectivity index (χ0) is 13.7. The summed E-state index contributed by atoms with van der Waals surface area (Å²) in [6.45, 7) is 0. The first kappa shape index (κ1) is 10.6. The SMILES string of the molecule is C1=C[C@@]23C[C@@H](c4ccccc42)[C@H]2c4ccccc4[C@]23C=C1. The molecule has 0 radical (unpaired) electrons. The van der Waals surface area contributed by atoms with Crippen LogP contribution in [0.15, 0.2) is 72.8 Å². The Morgan fingerprint density at radius 2 is 1.48 bits per heavy atom. The van der Waals surface area contributed by atoms with Gasteiger partial charge in [0.25, 0.3) is 0 Å². The maximum Gasteiger partial charge on any atom is 0.0344 e. The third kappa shape index (κ3) is 0.854. The molecular weight excluding hydrogens is 252 g/mol. The van der Waals surface area contributed by atoms with Crippen LogP contribution in [0.3, 0.4) is 0 Å². The van der Waals surface area contributed by atoms with Crippen molar-refractivity contribution in [2.24, 2.45) is 0 Å². The van der Waals surface area contributed by atoms with Crippen molar-refractivity contribution in [2.45, 2.75) is 29.1 Å². The number of allylic oxidation sites excluding steroid dienone is 4. The van der Waals surface area contributed by atoms with Gasteiger partial charge in [0, 0.05) is 16.7 Å². The molecule has 0 heterocycles. The summed E-state index contributed by atoms with van der Waals surface area (Å²) < 4.78 is 0. The van der Waals surface area contributed by atoms with E-state index < -0.39 is 0 Å². The zero-order valence-corrected chi connectivity index (χ0v) is 11.8. The Balaban J connectivity index is 1.76. The molecule has 0 nitrogen and oxygen atoms in total. The highest BCUT2D eigenvalue weighted by molar-refractivity contribution is 5.72. The number of fused-ring (bicyclic) bond motifs is 6. The monoisotopic (exact) mass is 268 g/mol. The summed E-state index contributed by atoms with van der Waals surface area (Å²) in [7, 11) is 0. The van der Waals surface area contributed by atoms with E-state index in [9.17, 15) is 0 Å². The van der Waals surface area contributed by atoms with Crippen LogP contribution in [0.5, 0.6) is 0 Å². The minimum absolute atomic E-state index is 0.210. The summed E-state index contributed by atoms with van der Waals surface area (Å²) in [4.78, 5) is 0. The fraction of sp³-hybridized carbons (Fsp3) is 0.238. The van der Waals surface area contributed by atoms with Gasteiger partial charge in [-0.3, -0.25) is 0 Å². The van der Waals surface area contributed by atoms with Gasteiger partial charge in [0.05, 0.1) is 0 Å². The van der Waals surface area contributed by atoms with Crippen molar-refractivity contribution in [3.8, 4) is 0 Å². The molecular formula is C21H16. The van der Waals surface area contributed by atoms with E-state index in [1.807, 2.05) is 0 Å². The van der Waals surface area contributed by atoms with Crippen molar-refractivity contribution < 1.29 is 0 Å². The Morgan fingerprint density at radius 1 is 0.762 bits per heavy atom. The van der Waals surface area contributed by atoms with E-state index in [4.69, 9.17) is 0 Å². The second-order valence-electron chi connectivity index (χ2n) is 7.02. The van der Waals surface area contributed by atoms with Gasteiger partial charge >= 0.3 is 0 Å². The van der Waals surface area contributed by atoms with Gasteiger partial charge in [-0.05, 0) is 34.6 Å². The number of benzene rings is 2. The van der Waals surface area contributed by atoms with Gasteiger partial charge in [-0.2, -0.15) is 0 Å². The molecule has 4 aliphatic carbocycles. The second kappa shape index (κ2) is 3.06. The van der Waals surface area contributed by atoms with Crippen LogP contribution >= 0.6 is 0 Å². The van der Waals surface area contributed by atoms with Gasteiger partial charge in [-0.15, -0.1) is 0 Å². The van der Waals surface area contributed by atoms with Gasteiger partial charge in [0.15, 0.2) is 0 Å². The standard InChI is InChI=1S/C21H16/c1-3-9-17-14(7-1)16-13-20(17)11-5-6-12-21(20)18-10-4-2-8-15(18)19(16)21/h1-12,16,19H,13H2/t16-,19+,20+,21+/m0/s1. The van der Waals surface area contributed by atoms with E-state index in [2.05, 4.69) is 72.8 Å². The highest BCUT2D eigenvalue weighted by Gasteiger charge is 2.73. The van der Waals surface area contributed by atoms with Crippen molar-refractivity contribution in [1.29, 1.82) is 0 Å². The van der Waals surface area contributed by atoms with Crippen molar-refractivity contribution in [1.82, 2.24) is 0 Å². The lowest BCUT2D eigenvalue weighted by Gasteiger charge is -2.58. The predicted octanol–water partition coefficient (Wildman–Crippen LogP) is 4.59. The maximum atomic E-state index is 2.51. The summed E-state index contributed by atoms with van der Waals surface area (Å²) in [5.41, 5.74) is 6.81. The predicted molar refractivity (Wildman–Crippen MR) is 84.6 cm³/mol. The molecule has 2 aromatic carbocycles. The average molecular weight is 268 g/mol. The molecule has 2 spiro atoms. The fourth-order valence-corrected chi connectivity index (χ4v) is 6.08. The Hall–Kier alpha value is -2.08. The highest BCUT2D eigenvalue weighted by Crippen LogP contribution is 2.79. The van der Waals surface area contributed by atoms with Crippen molar-refractivity contribution in [3.63, 3.8) is 0 Å². The Morgan fingerprint density at radius 3 is 2.38 bits per heavy atom. The van der Waals surface area contributed by atoms with Gasteiger partial charge in [0.1, 0.15) is 0 Å². The van der Waals surface area contributed by atoms with Crippen LogP contribution < -0.4 is 0 Å². The van der Waals surface area contributed by atoms with E-state index in [0.717, 1.165) is 0 Å². The molecule has 4 atom stereocenters. The quantitative estimate of drug-likeness (QED) is 0.655. The van der Waals surface area contributed by atoms with Gasteiger partial charge in [0.2, 0.25) is 0 Å². The largest absolute Gasteiger partial charge is 0.0727 e. The van der Waals surface area contributed by atoms with E-state index in [1.165, 1.54) is 6.42 Å². The van der Waals surface area contributed by atoms with Crippen LogP contribution in [-0.2, 0) is 10.8 Å². The van der Waals surface area contributed by atoms with Crippen LogP contribution in [0, 0.1) is 0 Å². The first-order chi connectivity index (χ1) is 10.4. The van der Waals surface area contributed by atoms with Crippen molar-refractivity contribution >= 4 is 0 Å². The summed E-state index contributed by atoms with van der Waals surface area (Å²) in [5, 5.41) is 0. The van der Waals surface area contributed by atoms with Gasteiger partial charge < -0.3 is 0 Å². The molecule has 4 aliphatic rings. The summed E-state index contributed by atoms with van der Waals surface area (Å²) >= 11 is 0. The van der Waals surface area contributed by atoms with Crippen molar-refractivity contribution in [3.05, 3.63) is 95.1 Å². The van der Waals surface area contributed by atoms with Gasteiger partial charge in [-0.25, -0.2) is 0 Å². The fourth-order valence-electron chi connectivity index (χ4n) is 6.08. The van der Waals surface area contributed by atoms with Crippen LogP contribution in [0.4, 0.5) is 0 Å². The summed E-state index contributed by atoms with van der Waals surface area (Å²) in [5.74, 6) is 1.38. The molecule has 1 fully saturated rings. The molecule has 0 aromatic heterocycles. The van der Waals surface area contributed by atoms with E-state index >= 15 is 0 Å².